The van der Waals surface area contributed by atoms with Gasteiger partial charge in [-0.05, 0) is 6.92 Å². The summed E-state index contributed by atoms with van der Waals surface area (Å²) in [4.78, 5) is 0. The van der Waals surface area contributed by atoms with Gasteiger partial charge in [0.2, 0.25) is 0 Å². The highest BCUT2D eigenvalue weighted by Gasteiger charge is 1.64. The molecule has 0 bridgehead atoms. The van der Waals surface area contributed by atoms with E-state index in [1.54, 1.807) is 0 Å². The van der Waals surface area contributed by atoms with Crippen LogP contribution in [-0.4, -0.2) is 0 Å². The van der Waals surface area contributed by atoms with Gasteiger partial charge in [0.25, 0.3) is 0 Å². The molecule has 0 radical (unpaired) electrons. The van der Waals surface area contributed by atoms with Crippen molar-refractivity contribution in [3.63, 3.8) is 0 Å². The zero-order chi connectivity index (χ0) is 6.24. The van der Waals surface area contributed by atoms with Crippen molar-refractivity contribution in [2.24, 2.45) is 0 Å². The Hall–Kier alpha value is -1.03. The summed E-state index contributed by atoms with van der Waals surface area (Å²) in [6.07, 6.45) is 8.01. The van der Waals surface area contributed by atoms with Gasteiger partial charge in [-0.25, -0.2) is 0 Å². The van der Waals surface area contributed by atoms with Gasteiger partial charge in [-0.15, -0.1) is 0 Å². The molecule has 8 heavy (non-hydrogen) atoms. The number of nitriles is 1. The molecule has 0 amide bonds. The third-order valence-electron chi connectivity index (χ3n) is 0.649. The Morgan fingerprint density at radius 2 is 2.25 bits per heavy atom. The number of rotatable bonds is 2. The van der Waals surface area contributed by atoms with E-state index in [0.717, 1.165) is 0 Å². The van der Waals surface area contributed by atoms with Gasteiger partial charge >= 0.3 is 0 Å². The maximum absolute atomic E-state index is 8.04. The van der Waals surface area contributed by atoms with Crippen molar-refractivity contribution in [2.45, 2.75) is 13.3 Å². The molecular weight excluding hydrogens is 98.1 g/mol. The van der Waals surface area contributed by atoms with Gasteiger partial charge < -0.3 is 0 Å². The average Bonchev–Trinajstić information content (AvgIpc) is 1.81. The molecule has 1 nitrogen and oxygen atoms in total. The highest BCUT2D eigenvalue weighted by molar-refractivity contribution is 5.03. The quantitative estimate of drug-likeness (QED) is 0.495. The van der Waals surface area contributed by atoms with Crippen molar-refractivity contribution >= 4 is 0 Å². The normalized spacial score (nSPS) is 10.5. The van der Waals surface area contributed by atoms with Crippen LogP contribution in [0, 0.1) is 11.3 Å². The molecule has 0 fully saturated rings. The Kier molecular flexibility index (Phi) is 5.20. The third kappa shape index (κ3) is 4.97. The second-order valence-electron chi connectivity index (χ2n) is 1.32. The monoisotopic (exact) mass is 107 g/mol. The summed E-state index contributed by atoms with van der Waals surface area (Å²) in [6.45, 7) is 1.94. The van der Waals surface area contributed by atoms with E-state index in [9.17, 15) is 0 Å². The van der Waals surface area contributed by atoms with Crippen LogP contribution in [0.1, 0.15) is 13.3 Å². The van der Waals surface area contributed by atoms with Crippen LogP contribution in [0.15, 0.2) is 24.3 Å². The summed E-state index contributed by atoms with van der Waals surface area (Å²) >= 11 is 0. The maximum Gasteiger partial charge on any atom is 0.0663 e. The molecule has 1 heteroatoms. The topological polar surface area (TPSA) is 23.8 Å². The Balaban J connectivity index is 3.24. The predicted octanol–water partition coefficient (Wildman–Crippen LogP) is 2.03. The molecule has 0 unspecified atom stereocenters. The zero-order valence-electron chi connectivity index (χ0n) is 4.96. The average molecular weight is 107 g/mol. The molecule has 0 N–H and O–H groups in total. The van der Waals surface area contributed by atoms with Crippen LogP contribution in [0.2, 0.25) is 0 Å². The van der Waals surface area contributed by atoms with Crippen LogP contribution in [0.25, 0.3) is 0 Å². The molecule has 0 aliphatic heterocycles. The summed E-state index contributed by atoms with van der Waals surface area (Å²) in [5.74, 6) is 0. The van der Waals surface area contributed by atoms with Gasteiger partial charge in [0, 0.05) is 0 Å². The standard InChI is InChI=1S/C7H9N/c1-2-3-4-5-6-7-8/h2-5H,6H2,1H3/b3-2+,5-4+. The molecule has 0 heterocycles. The maximum atomic E-state index is 8.04. The Morgan fingerprint density at radius 1 is 1.50 bits per heavy atom. The summed E-state index contributed by atoms with van der Waals surface area (Å²) in [6, 6.07) is 2.01. The van der Waals surface area contributed by atoms with Crippen LogP contribution in [0.4, 0.5) is 0 Å². The first-order chi connectivity index (χ1) is 3.91. The van der Waals surface area contributed by atoms with Crippen molar-refractivity contribution in [3.05, 3.63) is 24.3 Å². The number of allylic oxidation sites excluding steroid dienone is 4. The lowest BCUT2D eigenvalue weighted by Crippen LogP contribution is -1.53. The third-order valence-corrected chi connectivity index (χ3v) is 0.649. The zero-order valence-corrected chi connectivity index (χ0v) is 4.96. The van der Waals surface area contributed by atoms with Crippen LogP contribution in [0.5, 0.6) is 0 Å². The first-order valence-electron chi connectivity index (χ1n) is 2.56. The van der Waals surface area contributed by atoms with Crippen molar-refractivity contribution in [1.29, 1.82) is 5.26 Å². The van der Waals surface area contributed by atoms with E-state index in [2.05, 4.69) is 0 Å². The van der Waals surface area contributed by atoms with E-state index in [-0.39, 0.29) is 0 Å². The molecule has 0 aromatic carbocycles. The van der Waals surface area contributed by atoms with Crippen molar-refractivity contribution in [1.82, 2.24) is 0 Å². The fourth-order valence-corrected chi connectivity index (χ4v) is 0.310. The van der Waals surface area contributed by atoms with Gasteiger partial charge in [-0.1, -0.05) is 24.3 Å². The Labute approximate surface area is 49.9 Å². The number of hydrogen-bond donors (Lipinski definition) is 0. The van der Waals surface area contributed by atoms with Gasteiger partial charge in [-0.2, -0.15) is 5.26 Å². The van der Waals surface area contributed by atoms with Gasteiger partial charge in [-0.3, -0.25) is 0 Å². The van der Waals surface area contributed by atoms with Crippen molar-refractivity contribution in [2.75, 3.05) is 0 Å². The SMILES string of the molecule is C/C=C/C=C/CC#N. The first kappa shape index (κ1) is 6.97. The highest BCUT2D eigenvalue weighted by atomic mass is 14.2. The van der Waals surface area contributed by atoms with E-state index in [1.165, 1.54) is 0 Å². The van der Waals surface area contributed by atoms with E-state index in [4.69, 9.17) is 5.26 Å². The molecule has 0 saturated carbocycles. The minimum absolute atomic E-state index is 0.504. The minimum atomic E-state index is 0.504. The van der Waals surface area contributed by atoms with Crippen LogP contribution in [-0.2, 0) is 0 Å². The molecule has 42 valence electrons. The first-order valence-corrected chi connectivity index (χ1v) is 2.56. The molecule has 0 spiro atoms. The molecule has 0 aliphatic rings. The number of hydrogen-bond acceptors (Lipinski definition) is 1. The van der Waals surface area contributed by atoms with E-state index >= 15 is 0 Å². The summed E-state index contributed by atoms with van der Waals surface area (Å²) < 4.78 is 0. The lowest BCUT2D eigenvalue weighted by atomic mass is 10.4. The van der Waals surface area contributed by atoms with Crippen molar-refractivity contribution < 1.29 is 0 Å². The second-order valence-corrected chi connectivity index (χ2v) is 1.32. The largest absolute Gasteiger partial charge is 0.198 e. The van der Waals surface area contributed by atoms with Gasteiger partial charge in [0.05, 0.1) is 12.5 Å². The van der Waals surface area contributed by atoms with E-state index in [1.807, 2.05) is 37.3 Å². The Morgan fingerprint density at radius 3 is 2.75 bits per heavy atom. The van der Waals surface area contributed by atoms with Gasteiger partial charge in [0.15, 0.2) is 0 Å². The summed E-state index contributed by atoms with van der Waals surface area (Å²) in [5.41, 5.74) is 0. The highest BCUT2D eigenvalue weighted by Crippen LogP contribution is 1.79. The van der Waals surface area contributed by atoms with Gasteiger partial charge in [0.1, 0.15) is 0 Å². The fourth-order valence-electron chi connectivity index (χ4n) is 0.310. The summed E-state index contributed by atoms with van der Waals surface area (Å²) in [5, 5.41) is 8.04. The molecular formula is C7H9N. The van der Waals surface area contributed by atoms with Crippen LogP contribution >= 0.6 is 0 Å². The smallest absolute Gasteiger partial charge is 0.0663 e. The molecule has 0 atom stereocenters. The lowest BCUT2D eigenvalue weighted by Gasteiger charge is -1.68. The predicted molar refractivity (Wildman–Crippen MR) is 34.2 cm³/mol. The fraction of sp³-hybridized carbons (Fsp3) is 0.286. The van der Waals surface area contributed by atoms with E-state index < -0.39 is 0 Å². The molecule has 0 saturated heterocycles. The van der Waals surface area contributed by atoms with Crippen LogP contribution < -0.4 is 0 Å². The van der Waals surface area contributed by atoms with Crippen LogP contribution in [0.3, 0.4) is 0 Å². The molecule has 0 aromatic rings. The van der Waals surface area contributed by atoms with E-state index in [0.29, 0.717) is 6.42 Å². The number of nitrogens with zero attached hydrogens (tertiary/aromatic N) is 1. The lowest BCUT2D eigenvalue weighted by molar-refractivity contribution is 1.35. The summed E-state index contributed by atoms with van der Waals surface area (Å²) in [7, 11) is 0. The Bertz CT molecular complexity index is 126. The van der Waals surface area contributed by atoms with Crippen molar-refractivity contribution in [3.8, 4) is 6.07 Å². The molecule has 0 aliphatic carbocycles. The second kappa shape index (κ2) is 5.97. The molecule has 0 rings (SSSR count). The molecule has 0 aromatic heterocycles. The minimum Gasteiger partial charge on any atom is -0.198 e.